The molecule has 22 heavy (non-hydrogen) atoms. The van der Waals surface area contributed by atoms with Gasteiger partial charge in [0, 0.05) is 0 Å². The van der Waals surface area contributed by atoms with Gasteiger partial charge >= 0.3 is 6.47 Å². The van der Waals surface area contributed by atoms with Crippen molar-refractivity contribution in [2.75, 3.05) is 0 Å². The molecule has 0 heterocycles. The summed E-state index contributed by atoms with van der Waals surface area (Å²) < 4.78 is 4.79. The Bertz CT molecular complexity index is 699. The Hall–Kier alpha value is -2.09. The van der Waals surface area contributed by atoms with Crippen molar-refractivity contribution in [2.24, 2.45) is 0 Å². The molecule has 4 rings (SSSR count). The molecule has 2 aliphatic rings. The fourth-order valence-corrected chi connectivity index (χ4v) is 4.09. The van der Waals surface area contributed by atoms with E-state index in [0.29, 0.717) is 5.92 Å². The Kier molecular flexibility index (Phi) is 3.45. The molecule has 2 heteroatoms. The van der Waals surface area contributed by atoms with Crippen LogP contribution in [0.4, 0.5) is 0 Å². The zero-order valence-corrected chi connectivity index (χ0v) is 12.3. The van der Waals surface area contributed by atoms with Crippen LogP contribution in [0.2, 0.25) is 0 Å². The lowest BCUT2D eigenvalue weighted by molar-refractivity contribution is 0.334. The molecule has 2 nitrogen and oxygen atoms in total. The van der Waals surface area contributed by atoms with Crippen LogP contribution in [0.3, 0.4) is 0 Å². The lowest BCUT2D eigenvalue weighted by Crippen LogP contribution is -2.06. The van der Waals surface area contributed by atoms with Crippen molar-refractivity contribution in [3.8, 4) is 11.1 Å². The van der Waals surface area contributed by atoms with Crippen molar-refractivity contribution in [3.05, 3.63) is 65.8 Å². The fraction of sp³-hybridized carbons (Fsp3) is 0.300. The van der Waals surface area contributed by atoms with Gasteiger partial charge in [-0.25, -0.2) is 4.79 Å². The minimum Gasteiger partial charge on any atom is -0.441 e. The Balaban J connectivity index is 1.86. The minimum absolute atomic E-state index is 0.0931. The van der Waals surface area contributed by atoms with Crippen LogP contribution in [0.1, 0.15) is 54.2 Å². The zero-order valence-electron chi connectivity index (χ0n) is 12.3. The third kappa shape index (κ3) is 2.06. The van der Waals surface area contributed by atoms with Gasteiger partial charge < -0.3 is 4.74 Å². The van der Waals surface area contributed by atoms with E-state index in [1.54, 1.807) is 0 Å². The Labute approximate surface area is 131 Å². The average Bonchev–Trinajstić information content (AvgIpc) is 3.19. The van der Waals surface area contributed by atoms with Gasteiger partial charge in [-0.2, -0.15) is 0 Å². The largest absolute Gasteiger partial charge is 0.441 e. The number of rotatable bonds is 4. The Morgan fingerprint density at radius 2 is 1.64 bits per heavy atom. The number of ether oxygens (including phenoxy) is 1. The molecule has 2 aromatic carbocycles. The van der Waals surface area contributed by atoms with Crippen LogP contribution in [0.25, 0.3) is 11.1 Å². The van der Waals surface area contributed by atoms with E-state index in [2.05, 4.69) is 43.0 Å². The van der Waals surface area contributed by atoms with Crippen molar-refractivity contribution < 1.29 is 9.53 Å². The second kappa shape index (κ2) is 5.60. The highest BCUT2D eigenvalue weighted by atomic mass is 16.5. The summed E-state index contributed by atoms with van der Waals surface area (Å²) in [6, 6.07) is 14.9. The first kappa shape index (κ1) is 13.6. The van der Waals surface area contributed by atoms with E-state index in [4.69, 9.17) is 4.74 Å². The van der Waals surface area contributed by atoms with Crippen LogP contribution >= 0.6 is 0 Å². The number of fused-ring (bicyclic) bond motifs is 3. The summed E-state index contributed by atoms with van der Waals surface area (Å²) in [5.41, 5.74) is 6.32. The average molecular weight is 289 g/mol. The summed E-state index contributed by atoms with van der Waals surface area (Å²) in [7, 11) is 0. The van der Waals surface area contributed by atoms with Gasteiger partial charge in [0.1, 0.15) is 0 Å². The molecule has 0 saturated heterocycles. The third-order valence-corrected chi connectivity index (χ3v) is 5.00. The SMILES string of the molecule is O=[C]O[C]C1c2ccccc2-c2cccc(C3CCCC3)c21. The van der Waals surface area contributed by atoms with Gasteiger partial charge in [0.15, 0.2) is 0 Å². The van der Waals surface area contributed by atoms with Crippen LogP contribution < -0.4 is 0 Å². The molecule has 1 saturated carbocycles. The molecule has 109 valence electrons. The van der Waals surface area contributed by atoms with Crippen molar-refractivity contribution >= 4 is 6.47 Å². The van der Waals surface area contributed by atoms with Crippen molar-refractivity contribution in [1.29, 1.82) is 0 Å². The quantitative estimate of drug-likeness (QED) is 0.823. The molecule has 1 unspecified atom stereocenters. The predicted octanol–water partition coefficient (Wildman–Crippen LogP) is 4.58. The highest BCUT2D eigenvalue weighted by Crippen LogP contribution is 2.50. The topological polar surface area (TPSA) is 26.3 Å². The molecule has 0 N–H and O–H groups in total. The summed E-state index contributed by atoms with van der Waals surface area (Å²) in [6.45, 7) is 4.37. The first-order chi connectivity index (χ1) is 10.9. The molecular weight excluding hydrogens is 272 g/mol. The first-order valence-electron chi connectivity index (χ1n) is 7.90. The van der Waals surface area contributed by atoms with E-state index in [-0.39, 0.29) is 5.92 Å². The van der Waals surface area contributed by atoms with Crippen LogP contribution in [0.5, 0.6) is 0 Å². The summed E-state index contributed by atoms with van der Waals surface area (Å²) >= 11 is 0. The van der Waals surface area contributed by atoms with E-state index in [1.165, 1.54) is 54.4 Å². The van der Waals surface area contributed by atoms with Gasteiger partial charge in [0.05, 0.1) is 5.92 Å². The normalized spacial score (nSPS) is 19.7. The number of hydrogen-bond donors (Lipinski definition) is 0. The van der Waals surface area contributed by atoms with Gasteiger partial charge in [0.25, 0.3) is 0 Å². The lowest BCUT2D eigenvalue weighted by Gasteiger charge is -2.19. The Morgan fingerprint density at radius 3 is 2.45 bits per heavy atom. The highest BCUT2D eigenvalue weighted by molar-refractivity contribution is 5.81. The molecule has 3 radical (unpaired) electrons. The van der Waals surface area contributed by atoms with Crippen molar-refractivity contribution in [1.82, 2.24) is 0 Å². The smallest absolute Gasteiger partial charge is 0.418 e. The highest BCUT2D eigenvalue weighted by Gasteiger charge is 2.34. The van der Waals surface area contributed by atoms with Crippen LogP contribution in [0, 0.1) is 6.61 Å². The second-order valence-corrected chi connectivity index (χ2v) is 6.11. The summed E-state index contributed by atoms with van der Waals surface area (Å²) in [4.78, 5) is 10.5. The van der Waals surface area contributed by atoms with E-state index < -0.39 is 0 Å². The van der Waals surface area contributed by atoms with Gasteiger partial charge in [-0.05, 0) is 46.6 Å². The molecule has 0 amide bonds. The van der Waals surface area contributed by atoms with Gasteiger partial charge in [-0.1, -0.05) is 55.3 Å². The van der Waals surface area contributed by atoms with Gasteiger partial charge in [-0.3, -0.25) is 0 Å². The number of benzene rings is 2. The molecule has 0 aromatic heterocycles. The Morgan fingerprint density at radius 1 is 0.909 bits per heavy atom. The van der Waals surface area contributed by atoms with Crippen LogP contribution in [-0.2, 0) is 9.53 Å². The molecule has 0 spiro atoms. The van der Waals surface area contributed by atoms with Crippen LogP contribution in [-0.4, -0.2) is 6.47 Å². The molecule has 1 atom stereocenters. The van der Waals surface area contributed by atoms with E-state index in [1.807, 2.05) is 6.07 Å². The van der Waals surface area contributed by atoms with Crippen molar-refractivity contribution in [3.63, 3.8) is 0 Å². The second-order valence-electron chi connectivity index (χ2n) is 6.11. The molecule has 0 bridgehead atoms. The third-order valence-electron chi connectivity index (χ3n) is 5.00. The number of hydrogen-bond acceptors (Lipinski definition) is 2. The maximum atomic E-state index is 10.5. The van der Waals surface area contributed by atoms with E-state index in [0.717, 1.165) is 5.56 Å². The first-order valence-corrected chi connectivity index (χ1v) is 7.90. The lowest BCUT2D eigenvalue weighted by atomic mass is 9.86. The van der Waals surface area contributed by atoms with E-state index in [9.17, 15) is 4.79 Å². The maximum absolute atomic E-state index is 10.5. The molecule has 2 aliphatic carbocycles. The predicted molar refractivity (Wildman–Crippen MR) is 85.0 cm³/mol. The monoisotopic (exact) mass is 289 g/mol. The molecule has 0 aliphatic heterocycles. The van der Waals surface area contributed by atoms with Gasteiger partial charge in [-0.15, -0.1) is 0 Å². The maximum Gasteiger partial charge on any atom is 0.418 e. The standard InChI is InChI=1S/C20H17O2/c21-13-22-12-19-17-9-4-3-8-16(17)18-11-5-10-15(20(18)19)14-6-1-2-7-14/h3-5,8-11,14,19H,1-2,6-7H2. The molecule has 1 fully saturated rings. The van der Waals surface area contributed by atoms with Gasteiger partial charge in [0.2, 0.25) is 6.61 Å². The zero-order chi connectivity index (χ0) is 14.9. The van der Waals surface area contributed by atoms with Crippen LogP contribution in [0.15, 0.2) is 42.5 Å². The molecule has 2 aromatic rings. The molecular formula is C20H17O2. The van der Waals surface area contributed by atoms with Crippen molar-refractivity contribution in [2.45, 2.75) is 37.5 Å². The summed E-state index contributed by atoms with van der Waals surface area (Å²) in [5, 5.41) is 0. The minimum atomic E-state index is -0.0931. The number of carbonyl (C=O) groups excluding carboxylic acids is 1. The van der Waals surface area contributed by atoms with E-state index >= 15 is 0 Å². The fourth-order valence-electron chi connectivity index (χ4n) is 4.09. The summed E-state index contributed by atoms with van der Waals surface area (Å²) in [5.74, 6) is 0.526. The summed E-state index contributed by atoms with van der Waals surface area (Å²) in [6.07, 6.45) is 5.11.